The third-order valence-electron chi connectivity index (χ3n) is 4.37. The second-order valence-electron chi connectivity index (χ2n) is 6.89. The Labute approximate surface area is 165 Å². The topological polar surface area (TPSA) is 95.6 Å². The van der Waals surface area contributed by atoms with Crippen molar-refractivity contribution in [3.8, 4) is 0 Å². The second-order valence-corrected chi connectivity index (χ2v) is 9.01. The highest BCUT2D eigenvalue weighted by Gasteiger charge is 2.23. The maximum absolute atomic E-state index is 12.8. The predicted octanol–water partition coefficient (Wildman–Crippen LogP) is 3.07. The first-order valence-electron chi connectivity index (χ1n) is 8.67. The van der Waals surface area contributed by atoms with Gasteiger partial charge in [0.15, 0.2) is 0 Å². The van der Waals surface area contributed by atoms with E-state index in [1.165, 1.54) is 27.1 Å². The number of anilines is 2. The Bertz CT molecular complexity index is 1040. The molecule has 0 aliphatic carbocycles. The molecule has 28 heavy (non-hydrogen) atoms. The highest BCUT2D eigenvalue weighted by Crippen LogP contribution is 2.26. The minimum Gasteiger partial charge on any atom is -0.325 e. The summed E-state index contributed by atoms with van der Waals surface area (Å²) in [5.74, 6) is -0.722. The summed E-state index contributed by atoms with van der Waals surface area (Å²) in [7, 11) is -0.798. The fourth-order valence-corrected chi connectivity index (χ4v) is 3.89. The van der Waals surface area contributed by atoms with Crippen LogP contribution in [0.15, 0.2) is 35.2 Å². The van der Waals surface area contributed by atoms with Gasteiger partial charge in [-0.2, -0.15) is 0 Å². The molecule has 0 unspecified atom stereocenters. The van der Waals surface area contributed by atoms with Crippen LogP contribution in [-0.2, 0) is 14.8 Å². The molecule has 0 aromatic heterocycles. The van der Waals surface area contributed by atoms with E-state index >= 15 is 0 Å². The average Bonchev–Trinajstić information content (AvgIpc) is 2.58. The number of hydrogen-bond acceptors (Lipinski definition) is 4. The van der Waals surface area contributed by atoms with E-state index < -0.39 is 15.9 Å². The molecule has 2 aromatic rings. The molecule has 2 N–H and O–H groups in total. The van der Waals surface area contributed by atoms with Gasteiger partial charge in [-0.05, 0) is 61.7 Å². The van der Waals surface area contributed by atoms with Crippen molar-refractivity contribution < 1.29 is 18.0 Å². The maximum atomic E-state index is 12.8. The summed E-state index contributed by atoms with van der Waals surface area (Å²) in [6.07, 6.45) is 0. The Morgan fingerprint density at radius 3 is 2.14 bits per heavy atom. The normalized spacial score (nSPS) is 11.4. The lowest BCUT2D eigenvalue weighted by atomic mass is 10.1. The van der Waals surface area contributed by atoms with E-state index in [1.807, 2.05) is 13.0 Å². The van der Waals surface area contributed by atoms with Gasteiger partial charge in [0.25, 0.3) is 5.91 Å². The van der Waals surface area contributed by atoms with Crippen molar-refractivity contribution in [2.45, 2.75) is 32.6 Å². The van der Waals surface area contributed by atoms with Crippen LogP contribution in [0.4, 0.5) is 11.4 Å². The minimum absolute atomic E-state index is 0.0916. The first-order chi connectivity index (χ1) is 12.9. The number of rotatable bonds is 5. The van der Waals surface area contributed by atoms with Crippen molar-refractivity contribution in [1.29, 1.82) is 0 Å². The van der Waals surface area contributed by atoms with Gasteiger partial charge < -0.3 is 10.6 Å². The molecule has 150 valence electrons. The van der Waals surface area contributed by atoms with Crippen LogP contribution in [-0.4, -0.2) is 38.6 Å². The zero-order chi connectivity index (χ0) is 21.2. The van der Waals surface area contributed by atoms with Crippen LogP contribution in [0.2, 0.25) is 0 Å². The number of nitrogens with one attached hydrogen (secondary N) is 2. The lowest BCUT2D eigenvalue weighted by Gasteiger charge is -2.17. The van der Waals surface area contributed by atoms with Crippen LogP contribution < -0.4 is 10.6 Å². The Hall–Kier alpha value is -2.71. The van der Waals surface area contributed by atoms with Crippen LogP contribution >= 0.6 is 0 Å². The summed E-state index contributed by atoms with van der Waals surface area (Å²) >= 11 is 0. The van der Waals surface area contributed by atoms with Crippen molar-refractivity contribution in [3.05, 3.63) is 52.6 Å². The smallest absolute Gasteiger partial charge is 0.255 e. The summed E-state index contributed by atoms with van der Waals surface area (Å²) in [4.78, 5) is 24.3. The van der Waals surface area contributed by atoms with Gasteiger partial charge in [0, 0.05) is 26.6 Å². The quantitative estimate of drug-likeness (QED) is 0.802. The lowest BCUT2D eigenvalue weighted by molar-refractivity contribution is -0.114. The highest BCUT2D eigenvalue weighted by atomic mass is 32.2. The zero-order valence-electron chi connectivity index (χ0n) is 16.9. The Morgan fingerprint density at radius 2 is 1.57 bits per heavy atom. The third-order valence-corrected chi connectivity index (χ3v) is 6.32. The van der Waals surface area contributed by atoms with E-state index in [0.717, 1.165) is 9.87 Å². The van der Waals surface area contributed by atoms with Crippen molar-refractivity contribution in [2.24, 2.45) is 0 Å². The number of nitrogens with zero attached hydrogens (tertiary/aromatic N) is 1. The zero-order valence-corrected chi connectivity index (χ0v) is 17.7. The number of amides is 2. The van der Waals surface area contributed by atoms with Crippen molar-refractivity contribution in [1.82, 2.24) is 4.31 Å². The maximum Gasteiger partial charge on any atom is 0.255 e. The van der Waals surface area contributed by atoms with Gasteiger partial charge >= 0.3 is 0 Å². The Kier molecular flexibility index (Phi) is 6.26. The standard InChI is InChI=1S/C20H25N3O4S/c1-12-7-8-17(21-15(4)24)18(9-12)22-20(25)16-10-13(2)14(3)19(11-16)28(26,27)23(5)6/h7-11H,1-6H3,(H,21,24)(H,22,25). The van der Waals surface area contributed by atoms with Crippen molar-refractivity contribution >= 4 is 33.2 Å². The minimum atomic E-state index is -3.69. The van der Waals surface area contributed by atoms with Crippen LogP contribution in [0.25, 0.3) is 0 Å². The molecule has 0 spiro atoms. The summed E-state index contributed by atoms with van der Waals surface area (Å²) in [5, 5.41) is 5.44. The molecule has 2 rings (SSSR count). The Balaban J connectivity index is 2.48. The molecule has 0 bridgehead atoms. The largest absolute Gasteiger partial charge is 0.325 e. The lowest BCUT2D eigenvalue weighted by Crippen LogP contribution is -2.24. The highest BCUT2D eigenvalue weighted by molar-refractivity contribution is 7.89. The van der Waals surface area contributed by atoms with Gasteiger partial charge in [-0.3, -0.25) is 9.59 Å². The third kappa shape index (κ3) is 4.58. The van der Waals surface area contributed by atoms with Crippen LogP contribution in [0, 0.1) is 20.8 Å². The first-order valence-corrected chi connectivity index (χ1v) is 10.1. The van der Waals surface area contributed by atoms with Crippen LogP contribution in [0.5, 0.6) is 0 Å². The van der Waals surface area contributed by atoms with E-state index in [-0.39, 0.29) is 16.4 Å². The van der Waals surface area contributed by atoms with E-state index in [0.29, 0.717) is 22.5 Å². The number of benzene rings is 2. The molecule has 0 fully saturated rings. The fraction of sp³-hybridized carbons (Fsp3) is 0.300. The predicted molar refractivity (Wildman–Crippen MR) is 110 cm³/mol. The van der Waals surface area contributed by atoms with Gasteiger partial charge in [-0.25, -0.2) is 12.7 Å². The van der Waals surface area contributed by atoms with E-state index in [9.17, 15) is 18.0 Å². The van der Waals surface area contributed by atoms with E-state index in [1.54, 1.807) is 32.0 Å². The van der Waals surface area contributed by atoms with Gasteiger partial charge in [0.05, 0.1) is 16.3 Å². The molecule has 2 amide bonds. The van der Waals surface area contributed by atoms with Crippen LogP contribution in [0.1, 0.15) is 34.0 Å². The molecule has 0 saturated carbocycles. The fourth-order valence-electron chi connectivity index (χ4n) is 2.68. The summed E-state index contributed by atoms with van der Waals surface area (Å²) in [6, 6.07) is 8.28. The average molecular weight is 404 g/mol. The molecule has 0 aliphatic rings. The monoisotopic (exact) mass is 403 g/mol. The number of carbonyl (C=O) groups is 2. The molecule has 0 saturated heterocycles. The SMILES string of the molecule is CC(=O)Nc1ccc(C)cc1NC(=O)c1cc(C)c(C)c(S(=O)(=O)N(C)C)c1. The summed E-state index contributed by atoms with van der Waals surface area (Å²) in [5.41, 5.74) is 3.32. The molecule has 0 atom stereocenters. The van der Waals surface area contributed by atoms with Gasteiger partial charge in [-0.15, -0.1) is 0 Å². The molecule has 0 radical (unpaired) electrons. The second kappa shape index (κ2) is 8.12. The van der Waals surface area contributed by atoms with Crippen molar-refractivity contribution in [2.75, 3.05) is 24.7 Å². The molecular formula is C20H25N3O4S. The molecule has 8 heteroatoms. The van der Waals surface area contributed by atoms with Crippen LogP contribution in [0.3, 0.4) is 0 Å². The number of sulfonamides is 1. The van der Waals surface area contributed by atoms with Gasteiger partial charge in [0.1, 0.15) is 0 Å². The first kappa shape index (κ1) is 21.6. The van der Waals surface area contributed by atoms with Gasteiger partial charge in [-0.1, -0.05) is 6.07 Å². The molecule has 0 aliphatic heterocycles. The molecule has 2 aromatic carbocycles. The number of hydrogen-bond donors (Lipinski definition) is 2. The summed E-state index contributed by atoms with van der Waals surface area (Å²) < 4.78 is 26.3. The molecule has 7 nitrogen and oxygen atoms in total. The van der Waals surface area contributed by atoms with E-state index in [4.69, 9.17) is 0 Å². The van der Waals surface area contributed by atoms with E-state index in [2.05, 4.69) is 10.6 Å². The Morgan fingerprint density at radius 1 is 0.929 bits per heavy atom. The summed E-state index contributed by atoms with van der Waals surface area (Å²) in [6.45, 7) is 6.72. The number of carbonyl (C=O) groups excluding carboxylic acids is 2. The number of aryl methyl sites for hydroxylation is 2. The van der Waals surface area contributed by atoms with Gasteiger partial charge in [0.2, 0.25) is 15.9 Å². The molecular weight excluding hydrogens is 378 g/mol. The van der Waals surface area contributed by atoms with Crippen molar-refractivity contribution in [3.63, 3.8) is 0 Å². The molecule has 0 heterocycles.